The Balaban J connectivity index is 1.62. The van der Waals surface area contributed by atoms with Crippen molar-refractivity contribution in [3.8, 4) is 0 Å². The molecule has 0 spiro atoms. The fourth-order valence-electron chi connectivity index (χ4n) is 2.05. The molecule has 0 saturated heterocycles. The third-order valence-corrected chi connectivity index (χ3v) is 4.83. The lowest BCUT2D eigenvalue weighted by Gasteiger charge is -2.09. The summed E-state index contributed by atoms with van der Waals surface area (Å²) < 4.78 is 0. The van der Waals surface area contributed by atoms with Crippen molar-refractivity contribution in [2.75, 3.05) is 12.3 Å². The van der Waals surface area contributed by atoms with E-state index in [0.29, 0.717) is 10.6 Å². The van der Waals surface area contributed by atoms with Crippen LogP contribution in [0.3, 0.4) is 0 Å². The second kappa shape index (κ2) is 10.6. The largest absolute Gasteiger partial charge is 0.351 e. The normalized spacial score (nSPS) is 10.1. The maximum atomic E-state index is 12.0. The van der Waals surface area contributed by atoms with E-state index < -0.39 is 5.91 Å². The first kappa shape index (κ1) is 20.8. The van der Waals surface area contributed by atoms with E-state index in [1.165, 1.54) is 11.8 Å². The second-order valence-corrected chi connectivity index (χ2v) is 7.14. The van der Waals surface area contributed by atoms with Gasteiger partial charge in [-0.2, -0.15) is 0 Å². The van der Waals surface area contributed by atoms with Crippen LogP contribution in [0.25, 0.3) is 0 Å². The quantitative estimate of drug-likeness (QED) is 0.488. The molecule has 0 heterocycles. The van der Waals surface area contributed by atoms with Crippen molar-refractivity contribution in [3.05, 3.63) is 64.7 Å². The lowest BCUT2D eigenvalue weighted by Crippen LogP contribution is -2.43. The first-order chi connectivity index (χ1) is 13.0. The van der Waals surface area contributed by atoms with Gasteiger partial charge in [0.1, 0.15) is 0 Å². The molecule has 2 aromatic carbocycles. The first-order valence-corrected chi connectivity index (χ1v) is 9.62. The Labute approximate surface area is 167 Å². The van der Waals surface area contributed by atoms with E-state index >= 15 is 0 Å². The molecule has 2 aromatic rings. The van der Waals surface area contributed by atoms with Crippen molar-refractivity contribution in [3.63, 3.8) is 0 Å². The number of hydrogen-bond acceptors (Lipinski definition) is 4. The molecule has 8 heteroatoms. The molecular weight excluding hydrogens is 386 g/mol. The van der Waals surface area contributed by atoms with Gasteiger partial charge in [0.25, 0.3) is 5.91 Å². The standard InChI is InChI=1S/C19H20ClN3O3S/c1-13-6-8-14(9-7-13)27-12-18(25)23-22-17(24)10-11-21-19(26)15-4-2-3-5-16(15)20/h2-9H,10-12H2,1H3,(H,21,26)(H,22,24)(H,23,25). The van der Waals surface area contributed by atoms with Gasteiger partial charge in [-0.15, -0.1) is 11.8 Å². The molecule has 0 aliphatic rings. The molecule has 0 atom stereocenters. The molecule has 0 aliphatic carbocycles. The predicted molar refractivity (Wildman–Crippen MR) is 107 cm³/mol. The van der Waals surface area contributed by atoms with E-state index in [-0.39, 0.29) is 30.5 Å². The highest BCUT2D eigenvalue weighted by atomic mass is 35.5. The second-order valence-electron chi connectivity index (χ2n) is 5.68. The van der Waals surface area contributed by atoms with Gasteiger partial charge in [0.05, 0.1) is 16.3 Å². The van der Waals surface area contributed by atoms with Crippen LogP contribution < -0.4 is 16.2 Å². The molecule has 142 valence electrons. The van der Waals surface area contributed by atoms with Crippen molar-refractivity contribution in [2.45, 2.75) is 18.2 Å². The molecule has 0 bridgehead atoms. The molecule has 0 aromatic heterocycles. The van der Waals surface area contributed by atoms with E-state index in [0.717, 1.165) is 10.5 Å². The van der Waals surface area contributed by atoms with E-state index in [1.54, 1.807) is 24.3 Å². The molecule has 0 aliphatic heterocycles. The lowest BCUT2D eigenvalue weighted by molar-refractivity contribution is -0.127. The summed E-state index contributed by atoms with van der Waals surface area (Å²) in [7, 11) is 0. The van der Waals surface area contributed by atoms with Crippen molar-refractivity contribution in [1.82, 2.24) is 16.2 Å². The van der Waals surface area contributed by atoms with Crippen LogP contribution in [0.2, 0.25) is 5.02 Å². The minimum atomic E-state index is -0.400. The van der Waals surface area contributed by atoms with E-state index in [4.69, 9.17) is 11.6 Å². The third kappa shape index (κ3) is 7.32. The lowest BCUT2D eigenvalue weighted by atomic mass is 10.2. The summed E-state index contributed by atoms with van der Waals surface area (Å²) in [6.45, 7) is 2.12. The van der Waals surface area contributed by atoms with E-state index in [1.807, 2.05) is 31.2 Å². The van der Waals surface area contributed by atoms with Gasteiger partial charge >= 0.3 is 0 Å². The smallest absolute Gasteiger partial charge is 0.252 e. The number of hydrazine groups is 1. The molecule has 2 rings (SSSR count). The number of hydrogen-bond donors (Lipinski definition) is 3. The fraction of sp³-hybridized carbons (Fsp3) is 0.211. The van der Waals surface area contributed by atoms with Crippen molar-refractivity contribution in [2.24, 2.45) is 0 Å². The van der Waals surface area contributed by atoms with Crippen LogP contribution in [-0.4, -0.2) is 30.0 Å². The van der Waals surface area contributed by atoms with Crippen LogP contribution in [0.5, 0.6) is 0 Å². The number of halogens is 1. The van der Waals surface area contributed by atoms with Gasteiger partial charge in [-0.1, -0.05) is 41.4 Å². The Kier molecular flexibility index (Phi) is 8.16. The SMILES string of the molecule is Cc1ccc(SCC(=O)NNC(=O)CCNC(=O)c2ccccc2Cl)cc1. The Morgan fingerprint density at radius 2 is 1.63 bits per heavy atom. The highest BCUT2D eigenvalue weighted by Crippen LogP contribution is 2.17. The molecule has 3 amide bonds. The monoisotopic (exact) mass is 405 g/mol. The fourth-order valence-corrected chi connectivity index (χ4v) is 2.97. The zero-order valence-electron chi connectivity index (χ0n) is 14.8. The number of rotatable bonds is 7. The van der Waals surface area contributed by atoms with Gasteiger partial charge in [0.15, 0.2) is 0 Å². The van der Waals surface area contributed by atoms with Crippen molar-refractivity contribution >= 4 is 41.1 Å². The summed E-state index contributed by atoms with van der Waals surface area (Å²) in [6.07, 6.45) is 0.0293. The summed E-state index contributed by atoms with van der Waals surface area (Å²) in [5.41, 5.74) is 6.17. The summed E-state index contributed by atoms with van der Waals surface area (Å²) in [6, 6.07) is 14.5. The average molecular weight is 406 g/mol. The number of carbonyl (C=O) groups is 3. The van der Waals surface area contributed by atoms with Crippen LogP contribution >= 0.6 is 23.4 Å². The zero-order chi connectivity index (χ0) is 19.6. The van der Waals surface area contributed by atoms with Gasteiger partial charge in [0.2, 0.25) is 11.8 Å². The summed E-state index contributed by atoms with van der Waals surface area (Å²) in [5.74, 6) is -0.879. The van der Waals surface area contributed by atoms with Gasteiger partial charge in [-0.05, 0) is 31.2 Å². The van der Waals surface area contributed by atoms with Gasteiger partial charge in [-0.25, -0.2) is 0 Å². The van der Waals surface area contributed by atoms with E-state index in [2.05, 4.69) is 16.2 Å². The highest BCUT2D eigenvalue weighted by Gasteiger charge is 2.10. The minimum absolute atomic E-state index is 0.0293. The highest BCUT2D eigenvalue weighted by molar-refractivity contribution is 8.00. The molecule has 27 heavy (non-hydrogen) atoms. The Hall–Kier alpha value is -2.51. The Morgan fingerprint density at radius 3 is 2.33 bits per heavy atom. The summed E-state index contributed by atoms with van der Waals surface area (Å²) in [4.78, 5) is 36.4. The van der Waals surface area contributed by atoms with Gasteiger partial charge in [-0.3, -0.25) is 25.2 Å². The van der Waals surface area contributed by atoms with Crippen LogP contribution in [0.4, 0.5) is 0 Å². The Morgan fingerprint density at radius 1 is 0.963 bits per heavy atom. The summed E-state index contributed by atoms with van der Waals surface area (Å²) in [5, 5.41) is 2.95. The third-order valence-electron chi connectivity index (χ3n) is 3.49. The van der Waals surface area contributed by atoms with Crippen molar-refractivity contribution < 1.29 is 14.4 Å². The minimum Gasteiger partial charge on any atom is -0.351 e. The average Bonchev–Trinajstić information content (AvgIpc) is 2.66. The molecule has 6 nitrogen and oxygen atoms in total. The number of carbonyl (C=O) groups excluding carboxylic acids is 3. The predicted octanol–water partition coefficient (Wildman–Crippen LogP) is 2.71. The molecule has 0 unspecified atom stereocenters. The topological polar surface area (TPSA) is 87.3 Å². The number of thioether (sulfide) groups is 1. The van der Waals surface area contributed by atoms with Crippen LogP contribution in [0.15, 0.2) is 53.4 Å². The number of benzene rings is 2. The van der Waals surface area contributed by atoms with Crippen LogP contribution in [0.1, 0.15) is 22.3 Å². The van der Waals surface area contributed by atoms with Gasteiger partial charge < -0.3 is 5.32 Å². The Bertz CT molecular complexity index is 812. The summed E-state index contributed by atoms with van der Waals surface area (Å²) >= 11 is 7.31. The van der Waals surface area contributed by atoms with Crippen LogP contribution in [-0.2, 0) is 9.59 Å². The molecule has 0 saturated carbocycles. The molecule has 3 N–H and O–H groups in total. The molecular formula is C19H20ClN3O3S. The van der Waals surface area contributed by atoms with E-state index in [9.17, 15) is 14.4 Å². The molecule has 0 fully saturated rings. The van der Waals surface area contributed by atoms with Gasteiger partial charge in [0, 0.05) is 17.9 Å². The number of nitrogens with one attached hydrogen (secondary N) is 3. The number of amides is 3. The first-order valence-electron chi connectivity index (χ1n) is 8.25. The van der Waals surface area contributed by atoms with Crippen LogP contribution in [0, 0.1) is 6.92 Å². The molecule has 0 radical (unpaired) electrons. The zero-order valence-corrected chi connectivity index (χ0v) is 16.3. The maximum absolute atomic E-state index is 12.0. The number of aryl methyl sites for hydroxylation is 1. The van der Waals surface area contributed by atoms with Crippen molar-refractivity contribution in [1.29, 1.82) is 0 Å². The maximum Gasteiger partial charge on any atom is 0.252 e.